The molecular formula is C18H18ClN3O. The fourth-order valence-corrected chi connectivity index (χ4v) is 3.02. The summed E-state index contributed by atoms with van der Waals surface area (Å²) in [7, 11) is 0. The van der Waals surface area contributed by atoms with E-state index in [1.165, 1.54) is 5.56 Å². The van der Waals surface area contributed by atoms with E-state index in [4.69, 9.17) is 16.3 Å². The predicted molar refractivity (Wildman–Crippen MR) is 91.1 cm³/mol. The highest BCUT2D eigenvalue weighted by Gasteiger charge is 2.28. The summed E-state index contributed by atoms with van der Waals surface area (Å²) in [6.45, 7) is 4.81. The average Bonchev–Trinajstić information content (AvgIpc) is 2.88. The lowest BCUT2D eigenvalue weighted by atomic mass is 10.1. The number of pyridine rings is 1. The van der Waals surface area contributed by atoms with Gasteiger partial charge in [-0.2, -0.15) is 0 Å². The van der Waals surface area contributed by atoms with Crippen molar-refractivity contribution in [1.29, 1.82) is 0 Å². The van der Waals surface area contributed by atoms with Gasteiger partial charge in [-0.1, -0.05) is 17.7 Å². The molecule has 5 heteroatoms. The van der Waals surface area contributed by atoms with E-state index >= 15 is 0 Å². The topological polar surface area (TPSA) is 29.8 Å². The molecule has 0 aliphatic carbocycles. The lowest BCUT2D eigenvalue weighted by molar-refractivity contribution is 0.0139. The van der Waals surface area contributed by atoms with Crippen LogP contribution in [0.15, 0.2) is 48.8 Å². The van der Waals surface area contributed by atoms with Gasteiger partial charge in [-0.15, -0.1) is 0 Å². The molecule has 1 aromatic carbocycles. The molecule has 1 aliphatic heterocycles. The molecule has 0 atom stereocenters. The van der Waals surface area contributed by atoms with Crippen LogP contribution in [0.3, 0.4) is 0 Å². The van der Waals surface area contributed by atoms with Crippen LogP contribution in [0.25, 0.3) is 5.65 Å². The van der Waals surface area contributed by atoms with Crippen molar-refractivity contribution in [2.75, 3.05) is 13.1 Å². The van der Waals surface area contributed by atoms with Crippen LogP contribution in [0.1, 0.15) is 11.3 Å². The zero-order valence-corrected chi connectivity index (χ0v) is 13.7. The maximum atomic E-state index is 5.92. The highest BCUT2D eigenvalue weighted by atomic mass is 35.5. The van der Waals surface area contributed by atoms with Gasteiger partial charge >= 0.3 is 0 Å². The van der Waals surface area contributed by atoms with Gasteiger partial charge in [0.1, 0.15) is 17.5 Å². The molecule has 3 aromatic rings. The molecule has 1 saturated heterocycles. The van der Waals surface area contributed by atoms with Crippen LogP contribution in [-0.4, -0.2) is 33.5 Å². The van der Waals surface area contributed by atoms with Crippen LogP contribution in [0.4, 0.5) is 0 Å². The fraction of sp³-hybridized carbons (Fsp3) is 0.278. The summed E-state index contributed by atoms with van der Waals surface area (Å²) in [6, 6.07) is 11.7. The van der Waals surface area contributed by atoms with Crippen molar-refractivity contribution in [3.8, 4) is 5.75 Å². The van der Waals surface area contributed by atoms with Crippen molar-refractivity contribution >= 4 is 17.2 Å². The maximum absolute atomic E-state index is 5.92. The summed E-state index contributed by atoms with van der Waals surface area (Å²) in [6.07, 6.45) is 4.46. The Kier molecular flexibility index (Phi) is 3.71. The molecule has 0 saturated carbocycles. The number of aromatic nitrogens is 2. The standard InChI is InChI=1S/C18H18ClN3O/c1-13-2-7-18-20-15(10-22(18)8-13)9-21-11-17(12-21)23-16-5-3-14(19)4-6-16/h2-8,10,17H,9,11-12H2,1H3. The number of ether oxygens (including phenoxy) is 1. The van der Waals surface area contributed by atoms with Crippen LogP contribution < -0.4 is 4.74 Å². The molecule has 23 heavy (non-hydrogen) atoms. The van der Waals surface area contributed by atoms with Crippen molar-refractivity contribution in [3.63, 3.8) is 0 Å². The van der Waals surface area contributed by atoms with E-state index in [1.54, 1.807) is 0 Å². The second-order valence-corrected chi connectivity index (χ2v) is 6.53. The normalized spacial score (nSPS) is 15.7. The molecule has 4 nitrogen and oxygen atoms in total. The SMILES string of the molecule is Cc1ccc2nc(CN3CC(Oc4ccc(Cl)cc4)C3)cn2c1. The van der Waals surface area contributed by atoms with E-state index in [0.29, 0.717) is 0 Å². The Morgan fingerprint density at radius 3 is 2.70 bits per heavy atom. The number of hydrogen-bond acceptors (Lipinski definition) is 3. The summed E-state index contributed by atoms with van der Waals surface area (Å²) >= 11 is 5.88. The number of likely N-dealkylation sites (tertiary alicyclic amines) is 1. The minimum absolute atomic E-state index is 0.246. The summed E-state index contributed by atoms with van der Waals surface area (Å²) in [5, 5.41) is 0.731. The van der Waals surface area contributed by atoms with Crippen LogP contribution in [0.2, 0.25) is 5.02 Å². The first-order valence-electron chi connectivity index (χ1n) is 7.74. The first-order chi connectivity index (χ1) is 11.2. The second-order valence-electron chi connectivity index (χ2n) is 6.09. The Morgan fingerprint density at radius 2 is 1.91 bits per heavy atom. The third-order valence-corrected chi connectivity index (χ3v) is 4.33. The Balaban J connectivity index is 1.33. The van der Waals surface area contributed by atoms with Gasteiger partial charge in [0.2, 0.25) is 0 Å². The van der Waals surface area contributed by atoms with Crippen LogP contribution in [-0.2, 0) is 6.54 Å². The van der Waals surface area contributed by atoms with Gasteiger partial charge in [0.05, 0.1) is 5.69 Å². The molecule has 2 aromatic heterocycles. The largest absolute Gasteiger partial charge is 0.488 e. The van der Waals surface area contributed by atoms with E-state index in [-0.39, 0.29) is 6.10 Å². The summed E-state index contributed by atoms with van der Waals surface area (Å²) in [4.78, 5) is 7.00. The van der Waals surface area contributed by atoms with E-state index in [2.05, 4.69) is 45.7 Å². The molecule has 0 bridgehead atoms. The zero-order valence-electron chi connectivity index (χ0n) is 12.9. The summed E-state index contributed by atoms with van der Waals surface area (Å²) < 4.78 is 8.01. The molecule has 4 rings (SSSR count). The molecule has 0 N–H and O–H groups in total. The Hall–Kier alpha value is -2.04. The van der Waals surface area contributed by atoms with Crippen LogP contribution >= 0.6 is 11.6 Å². The highest BCUT2D eigenvalue weighted by molar-refractivity contribution is 6.30. The van der Waals surface area contributed by atoms with Crippen LogP contribution in [0, 0.1) is 6.92 Å². The van der Waals surface area contributed by atoms with E-state index in [9.17, 15) is 0 Å². The van der Waals surface area contributed by atoms with E-state index in [1.807, 2.05) is 24.3 Å². The number of rotatable bonds is 4. The summed E-state index contributed by atoms with van der Waals surface area (Å²) in [5.41, 5.74) is 3.34. The fourth-order valence-electron chi connectivity index (χ4n) is 2.89. The highest BCUT2D eigenvalue weighted by Crippen LogP contribution is 2.21. The van der Waals surface area contributed by atoms with Gasteiger partial charge in [0, 0.05) is 37.1 Å². The van der Waals surface area contributed by atoms with Crippen molar-refractivity contribution in [1.82, 2.24) is 14.3 Å². The number of imidazole rings is 1. The monoisotopic (exact) mass is 327 g/mol. The number of fused-ring (bicyclic) bond motifs is 1. The van der Waals surface area contributed by atoms with Gasteiger partial charge in [0.15, 0.2) is 0 Å². The summed E-state index contributed by atoms with van der Waals surface area (Å²) in [5.74, 6) is 0.877. The molecule has 1 aliphatic rings. The lowest BCUT2D eigenvalue weighted by Crippen LogP contribution is -2.53. The van der Waals surface area contributed by atoms with Crippen molar-refractivity contribution in [2.24, 2.45) is 0 Å². The zero-order chi connectivity index (χ0) is 15.8. The number of hydrogen-bond donors (Lipinski definition) is 0. The molecule has 1 fully saturated rings. The molecule has 0 spiro atoms. The van der Waals surface area contributed by atoms with Crippen molar-refractivity contribution < 1.29 is 4.74 Å². The molecule has 0 unspecified atom stereocenters. The van der Waals surface area contributed by atoms with Crippen LogP contribution in [0.5, 0.6) is 5.75 Å². The third-order valence-electron chi connectivity index (χ3n) is 4.07. The number of halogens is 1. The van der Waals surface area contributed by atoms with E-state index < -0.39 is 0 Å². The number of nitrogens with zero attached hydrogens (tertiary/aromatic N) is 3. The lowest BCUT2D eigenvalue weighted by Gasteiger charge is -2.38. The van der Waals surface area contributed by atoms with Gasteiger partial charge in [0.25, 0.3) is 0 Å². The first-order valence-corrected chi connectivity index (χ1v) is 8.12. The third kappa shape index (κ3) is 3.19. The Morgan fingerprint density at radius 1 is 1.13 bits per heavy atom. The van der Waals surface area contributed by atoms with Crippen molar-refractivity contribution in [2.45, 2.75) is 19.6 Å². The first kappa shape index (κ1) is 14.5. The maximum Gasteiger partial charge on any atom is 0.137 e. The van der Waals surface area contributed by atoms with Gasteiger partial charge < -0.3 is 9.14 Å². The molecule has 3 heterocycles. The number of aryl methyl sites for hydroxylation is 1. The predicted octanol–water partition coefficient (Wildman–Crippen LogP) is 3.56. The van der Waals surface area contributed by atoms with E-state index in [0.717, 1.165) is 41.7 Å². The average molecular weight is 328 g/mol. The minimum atomic E-state index is 0.246. The van der Waals surface area contributed by atoms with Gasteiger partial charge in [-0.25, -0.2) is 4.98 Å². The number of benzene rings is 1. The van der Waals surface area contributed by atoms with Gasteiger partial charge in [-0.3, -0.25) is 4.90 Å². The second kappa shape index (κ2) is 5.87. The molecular weight excluding hydrogens is 310 g/mol. The minimum Gasteiger partial charge on any atom is -0.488 e. The molecule has 0 radical (unpaired) electrons. The Labute approximate surface area is 140 Å². The van der Waals surface area contributed by atoms with Gasteiger partial charge in [-0.05, 0) is 42.8 Å². The quantitative estimate of drug-likeness (QED) is 0.734. The van der Waals surface area contributed by atoms with Crippen molar-refractivity contribution in [3.05, 3.63) is 65.1 Å². The Bertz CT molecular complexity index is 822. The molecule has 118 valence electrons. The molecule has 0 amide bonds. The smallest absolute Gasteiger partial charge is 0.137 e.